The van der Waals surface area contributed by atoms with Crippen LogP contribution in [0.2, 0.25) is 0 Å². The van der Waals surface area contributed by atoms with Gasteiger partial charge in [0.25, 0.3) is 0 Å². The molecule has 5 nitrogen and oxygen atoms in total. The lowest BCUT2D eigenvalue weighted by atomic mass is 9.98. The zero-order chi connectivity index (χ0) is 33.7. The Balaban J connectivity index is 1.12. The van der Waals surface area contributed by atoms with Gasteiger partial charge in [-0.3, -0.25) is 0 Å². The van der Waals surface area contributed by atoms with Gasteiger partial charge in [-0.15, -0.1) is 0 Å². The van der Waals surface area contributed by atoms with Gasteiger partial charge in [-0.25, -0.2) is 15.0 Å². The minimum Gasteiger partial charge on any atom is -0.456 e. The van der Waals surface area contributed by atoms with E-state index in [0.717, 1.165) is 72.9 Å². The number of benzene rings is 6. The summed E-state index contributed by atoms with van der Waals surface area (Å²) in [5.74, 6) is 2.64. The lowest BCUT2D eigenvalue weighted by molar-refractivity contribution is 0.600. The molecular formula is C46H29N3O2. The summed E-state index contributed by atoms with van der Waals surface area (Å²) in [5.41, 5.74) is 10.9. The fourth-order valence-corrected chi connectivity index (χ4v) is 7.04. The van der Waals surface area contributed by atoms with Crippen molar-refractivity contribution < 1.29 is 8.83 Å². The van der Waals surface area contributed by atoms with Crippen molar-refractivity contribution >= 4 is 39.0 Å². The van der Waals surface area contributed by atoms with Crippen LogP contribution >= 0.6 is 0 Å². The third kappa shape index (κ3) is 5.23. The van der Waals surface area contributed by atoms with Gasteiger partial charge < -0.3 is 8.83 Å². The van der Waals surface area contributed by atoms with Crippen LogP contribution in [0.3, 0.4) is 0 Å². The first-order valence-corrected chi connectivity index (χ1v) is 17.1. The molecule has 0 N–H and O–H groups in total. The summed E-state index contributed by atoms with van der Waals surface area (Å²) in [6, 6.07) is 48.0. The quantitative estimate of drug-likeness (QED) is 0.185. The van der Waals surface area contributed by atoms with E-state index in [4.69, 9.17) is 23.8 Å². The molecule has 0 amide bonds. The molecule has 1 aliphatic carbocycles. The van der Waals surface area contributed by atoms with Gasteiger partial charge in [0.2, 0.25) is 0 Å². The minimum absolute atomic E-state index is 0.576. The summed E-state index contributed by atoms with van der Waals surface area (Å²) in [6.07, 6.45) is 9.08. The van der Waals surface area contributed by atoms with Gasteiger partial charge in [0.05, 0.1) is 0 Å². The predicted octanol–water partition coefficient (Wildman–Crippen LogP) is 12.0. The fraction of sp³-hybridized carbons (Fsp3) is 0.0217. The molecule has 240 valence electrons. The smallest absolute Gasteiger partial charge is 0.164 e. The van der Waals surface area contributed by atoms with Crippen molar-refractivity contribution in [2.24, 2.45) is 0 Å². The van der Waals surface area contributed by atoms with Gasteiger partial charge in [-0.05, 0) is 77.2 Å². The van der Waals surface area contributed by atoms with E-state index in [9.17, 15) is 0 Å². The highest BCUT2D eigenvalue weighted by Crippen LogP contribution is 2.36. The third-order valence-electron chi connectivity index (χ3n) is 9.59. The van der Waals surface area contributed by atoms with Gasteiger partial charge in [0.1, 0.15) is 22.5 Å². The second kappa shape index (κ2) is 11.9. The molecule has 3 aromatic heterocycles. The summed E-state index contributed by atoms with van der Waals surface area (Å²) in [7, 11) is 0. The first-order chi connectivity index (χ1) is 25.2. The second-order valence-corrected chi connectivity index (χ2v) is 12.8. The van der Waals surface area contributed by atoms with Gasteiger partial charge in [0, 0.05) is 38.4 Å². The highest BCUT2D eigenvalue weighted by molar-refractivity contribution is 6.06. The van der Waals surface area contributed by atoms with Crippen molar-refractivity contribution in [3.05, 3.63) is 169 Å². The topological polar surface area (TPSA) is 65.0 Å². The van der Waals surface area contributed by atoms with E-state index in [2.05, 4.69) is 109 Å². The molecule has 0 aliphatic heterocycles. The third-order valence-corrected chi connectivity index (χ3v) is 9.59. The maximum absolute atomic E-state index is 6.34. The van der Waals surface area contributed by atoms with Crippen LogP contribution in [-0.4, -0.2) is 15.0 Å². The van der Waals surface area contributed by atoms with Gasteiger partial charge in [-0.2, -0.15) is 0 Å². The molecule has 0 fully saturated rings. The number of aromatic nitrogens is 3. The Morgan fingerprint density at radius 2 is 1.00 bits per heavy atom. The number of hydrogen-bond acceptors (Lipinski definition) is 5. The molecule has 10 rings (SSSR count). The van der Waals surface area contributed by atoms with Crippen molar-refractivity contribution in [3.8, 4) is 56.4 Å². The van der Waals surface area contributed by atoms with Crippen LogP contribution in [0.1, 0.15) is 11.3 Å². The number of nitrogens with zero attached hydrogens (tertiary/aromatic N) is 3. The van der Waals surface area contributed by atoms with Crippen LogP contribution in [0.25, 0.3) is 95.4 Å². The van der Waals surface area contributed by atoms with Crippen molar-refractivity contribution in [3.63, 3.8) is 0 Å². The van der Waals surface area contributed by atoms with E-state index in [1.165, 1.54) is 16.7 Å². The van der Waals surface area contributed by atoms with Crippen molar-refractivity contribution in [2.75, 3.05) is 0 Å². The highest BCUT2D eigenvalue weighted by Gasteiger charge is 2.18. The summed E-state index contributed by atoms with van der Waals surface area (Å²) in [5, 5.41) is 3.18. The SMILES string of the molecule is C1=CCc2c(oc3cc(-c4nc(-c5cccc(-c6cccc(-c7ccccc7)c6)c5)nc(-c5ccc6oc7ccccc7c6c5)n4)ccc23)C=C1. The normalized spacial score (nSPS) is 12.5. The average molecular weight is 656 g/mol. The van der Waals surface area contributed by atoms with Gasteiger partial charge in [-0.1, -0.05) is 115 Å². The average Bonchev–Trinajstić information content (AvgIpc) is 3.65. The Labute approximate surface area is 293 Å². The maximum atomic E-state index is 6.34. The molecule has 9 aromatic rings. The van der Waals surface area contributed by atoms with Crippen molar-refractivity contribution in [2.45, 2.75) is 6.42 Å². The standard InChI is InChI=1S/C46H29N3O2/c1-3-11-29(12-4-1)30-13-9-14-31(25-30)32-15-10-16-33(26-32)44-47-45(34-22-24-42-39(27-34)37-18-7-8-20-41(37)50-42)49-46(48-44)35-21-23-38-36-17-5-2-6-19-40(36)51-43(38)28-35/h1-16,18-28H,17H2. The maximum Gasteiger partial charge on any atom is 0.164 e. The molecular weight excluding hydrogens is 627 g/mol. The molecule has 0 spiro atoms. The fourth-order valence-electron chi connectivity index (χ4n) is 7.04. The molecule has 51 heavy (non-hydrogen) atoms. The lowest BCUT2D eigenvalue weighted by Gasteiger charge is -2.10. The van der Waals surface area contributed by atoms with E-state index in [-0.39, 0.29) is 0 Å². The number of hydrogen-bond donors (Lipinski definition) is 0. The van der Waals surface area contributed by atoms with Crippen LogP contribution in [0.15, 0.2) is 167 Å². The van der Waals surface area contributed by atoms with E-state index in [0.29, 0.717) is 17.5 Å². The number of fused-ring (bicyclic) bond motifs is 6. The second-order valence-electron chi connectivity index (χ2n) is 12.8. The molecule has 0 bridgehead atoms. The van der Waals surface area contributed by atoms with Crippen LogP contribution < -0.4 is 0 Å². The van der Waals surface area contributed by atoms with Crippen LogP contribution in [0.5, 0.6) is 0 Å². The van der Waals surface area contributed by atoms with Crippen molar-refractivity contribution in [1.29, 1.82) is 0 Å². The lowest BCUT2D eigenvalue weighted by Crippen LogP contribution is -2.00. The van der Waals surface area contributed by atoms with Crippen LogP contribution in [-0.2, 0) is 6.42 Å². The Bertz CT molecular complexity index is 2840. The highest BCUT2D eigenvalue weighted by atomic mass is 16.3. The van der Waals surface area contributed by atoms with Crippen LogP contribution in [0.4, 0.5) is 0 Å². The zero-order valence-electron chi connectivity index (χ0n) is 27.5. The Hall–Kier alpha value is -6.85. The zero-order valence-corrected chi connectivity index (χ0v) is 27.5. The molecule has 0 saturated heterocycles. The van der Waals surface area contributed by atoms with Gasteiger partial charge >= 0.3 is 0 Å². The summed E-state index contributed by atoms with van der Waals surface area (Å²) in [4.78, 5) is 15.3. The molecule has 0 saturated carbocycles. The molecule has 1 aliphatic rings. The van der Waals surface area contributed by atoms with E-state index >= 15 is 0 Å². The summed E-state index contributed by atoms with van der Waals surface area (Å²) in [6.45, 7) is 0. The Kier molecular flexibility index (Phi) is 6.81. The number of para-hydroxylation sites is 1. The molecule has 0 radical (unpaired) electrons. The van der Waals surface area contributed by atoms with E-state index < -0.39 is 0 Å². The molecule has 6 aromatic carbocycles. The molecule has 3 heterocycles. The van der Waals surface area contributed by atoms with Crippen molar-refractivity contribution in [1.82, 2.24) is 15.0 Å². The van der Waals surface area contributed by atoms with E-state index in [1.54, 1.807) is 0 Å². The van der Waals surface area contributed by atoms with Gasteiger partial charge in [0.15, 0.2) is 17.5 Å². The Morgan fingerprint density at radius 1 is 0.392 bits per heavy atom. The minimum atomic E-state index is 0.576. The van der Waals surface area contributed by atoms with E-state index in [1.807, 2.05) is 54.6 Å². The number of rotatable bonds is 5. The molecule has 0 atom stereocenters. The first-order valence-electron chi connectivity index (χ1n) is 17.1. The number of allylic oxidation sites excluding steroid dienone is 3. The molecule has 5 heteroatoms. The molecule has 0 unspecified atom stereocenters. The van der Waals surface area contributed by atoms with Crippen LogP contribution in [0, 0.1) is 0 Å². The largest absolute Gasteiger partial charge is 0.456 e. The summed E-state index contributed by atoms with van der Waals surface area (Å²) < 4.78 is 12.5. The predicted molar refractivity (Wildman–Crippen MR) is 206 cm³/mol. The number of furan rings is 2. The first kappa shape index (κ1) is 29.1. The monoisotopic (exact) mass is 655 g/mol. The summed E-state index contributed by atoms with van der Waals surface area (Å²) >= 11 is 0. The Morgan fingerprint density at radius 3 is 1.80 bits per heavy atom.